The average Bonchev–Trinajstić information content (AvgIpc) is 2.65. The maximum Gasteiger partial charge on any atom is 0.416 e. The van der Waals surface area contributed by atoms with Gasteiger partial charge in [0, 0.05) is 7.05 Å². The van der Waals surface area contributed by atoms with Crippen molar-refractivity contribution in [1.29, 1.82) is 5.41 Å². The van der Waals surface area contributed by atoms with Crippen LogP contribution in [0.15, 0.2) is 18.2 Å². The number of hydrazine groups is 2. The molecule has 0 unspecified atom stereocenters. The first-order valence-electron chi connectivity index (χ1n) is 5.59. The molecule has 3 N–H and O–H groups in total. The fourth-order valence-electron chi connectivity index (χ4n) is 1.89. The molecular weight excluding hydrogens is 273 g/mol. The topological polar surface area (TPSA) is 76.9 Å². The van der Waals surface area contributed by atoms with E-state index < -0.39 is 11.7 Å². The van der Waals surface area contributed by atoms with E-state index in [0.29, 0.717) is 11.5 Å². The second-order valence-corrected chi connectivity index (χ2v) is 4.28. The van der Waals surface area contributed by atoms with Crippen molar-refractivity contribution < 1.29 is 13.2 Å². The normalized spacial score (nSPS) is 14.8. The number of alkyl halides is 3. The minimum atomic E-state index is -4.45. The van der Waals surface area contributed by atoms with Gasteiger partial charge in [0.2, 0.25) is 0 Å². The zero-order chi connectivity index (χ0) is 14.5. The predicted molar refractivity (Wildman–Crippen MR) is 65.4 cm³/mol. The quantitative estimate of drug-likeness (QED) is 0.686. The Kier molecular flexibility index (Phi) is 2.54. The number of nitrogens with zero attached hydrogens (tertiary/aromatic N) is 3. The lowest BCUT2D eigenvalue weighted by atomic mass is 10.2. The molecule has 1 aliphatic rings. The molecule has 0 amide bonds. The van der Waals surface area contributed by atoms with E-state index in [1.165, 1.54) is 11.2 Å². The summed E-state index contributed by atoms with van der Waals surface area (Å²) in [5, 5.41) is 9.29. The van der Waals surface area contributed by atoms with Crippen LogP contribution < -0.4 is 16.3 Å². The highest BCUT2D eigenvalue weighted by Crippen LogP contribution is 2.31. The van der Waals surface area contributed by atoms with Crippen LogP contribution in [0, 0.1) is 5.41 Å². The molecule has 20 heavy (non-hydrogen) atoms. The fourth-order valence-corrected chi connectivity index (χ4v) is 1.89. The number of rotatable bonds is 0. The summed E-state index contributed by atoms with van der Waals surface area (Å²) in [5.41, 5.74) is 5.23. The van der Waals surface area contributed by atoms with E-state index in [1.54, 1.807) is 7.05 Å². The molecular formula is C11H9F3N6. The average molecular weight is 282 g/mol. The van der Waals surface area contributed by atoms with Crippen LogP contribution in [0.2, 0.25) is 0 Å². The highest BCUT2D eigenvalue weighted by atomic mass is 19.4. The predicted octanol–water partition coefficient (Wildman–Crippen LogP) is 1.73. The van der Waals surface area contributed by atoms with Crippen molar-refractivity contribution in [2.24, 2.45) is 0 Å². The Morgan fingerprint density at radius 2 is 1.90 bits per heavy atom. The van der Waals surface area contributed by atoms with E-state index >= 15 is 0 Å². The van der Waals surface area contributed by atoms with Crippen molar-refractivity contribution >= 4 is 22.5 Å². The standard InChI is InChI=1S/C11H9F3N6/c1-20-18-8-9(15)16-7-4-5(11(12,13)14)2-3-6(7)17-10(8)19-20/h2-4,15,18-19H,1H3. The van der Waals surface area contributed by atoms with Crippen LogP contribution in [-0.4, -0.2) is 22.1 Å². The van der Waals surface area contributed by atoms with Gasteiger partial charge in [-0.3, -0.25) is 16.3 Å². The Labute approximate surface area is 110 Å². The maximum absolute atomic E-state index is 12.7. The highest BCUT2D eigenvalue weighted by molar-refractivity contribution is 5.79. The molecule has 0 spiro atoms. The van der Waals surface area contributed by atoms with Crippen LogP contribution in [0.25, 0.3) is 11.0 Å². The first kappa shape index (κ1) is 12.6. The van der Waals surface area contributed by atoms with Gasteiger partial charge in [-0.05, 0) is 18.2 Å². The van der Waals surface area contributed by atoms with Crippen molar-refractivity contribution in [1.82, 2.24) is 15.1 Å². The molecule has 0 radical (unpaired) electrons. The second-order valence-electron chi connectivity index (χ2n) is 4.28. The third-order valence-electron chi connectivity index (χ3n) is 2.79. The van der Waals surface area contributed by atoms with Crippen LogP contribution in [0.5, 0.6) is 0 Å². The summed E-state index contributed by atoms with van der Waals surface area (Å²) in [7, 11) is 1.67. The van der Waals surface area contributed by atoms with Crippen molar-refractivity contribution in [2.75, 3.05) is 17.9 Å². The number of benzene rings is 1. The summed E-state index contributed by atoms with van der Waals surface area (Å²) in [6.07, 6.45) is -4.45. The molecule has 0 bridgehead atoms. The first-order valence-corrected chi connectivity index (χ1v) is 5.59. The lowest BCUT2D eigenvalue weighted by Crippen LogP contribution is -2.25. The van der Waals surface area contributed by atoms with Crippen molar-refractivity contribution in [3.05, 3.63) is 29.3 Å². The molecule has 3 rings (SSSR count). The molecule has 0 saturated heterocycles. The van der Waals surface area contributed by atoms with Gasteiger partial charge < -0.3 is 0 Å². The van der Waals surface area contributed by atoms with Gasteiger partial charge in [0.05, 0.1) is 16.6 Å². The van der Waals surface area contributed by atoms with Crippen molar-refractivity contribution in [3.8, 4) is 0 Å². The lowest BCUT2D eigenvalue weighted by Gasteiger charge is -2.08. The molecule has 0 saturated carbocycles. The summed E-state index contributed by atoms with van der Waals surface area (Å²) < 4.78 is 38.0. The molecule has 2 heterocycles. The van der Waals surface area contributed by atoms with Crippen molar-refractivity contribution in [2.45, 2.75) is 6.18 Å². The molecule has 1 aliphatic heterocycles. The lowest BCUT2D eigenvalue weighted by molar-refractivity contribution is -0.137. The number of fused-ring (bicyclic) bond motifs is 2. The largest absolute Gasteiger partial charge is 0.416 e. The van der Waals surface area contributed by atoms with E-state index in [4.69, 9.17) is 5.41 Å². The van der Waals surface area contributed by atoms with Crippen LogP contribution in [0.4, 0.5) is 24.7 Å². The molecule has 0 aliphatic carbocycles. The van der Waals surface area contributed by atoms with Gasteiger partial charge in [-0.15, -0.1) is 5.12 Å². The number of hydrogen-bond acceptors (Lipinski definition) is 6. The molecule has 9 heteroatoms. The van der Waals surface area contributed by atoms with Gasteiger partial charge in [0.25, 0.3) is 0 Å². The molecule has 1 aromatic carbocycles. The van der Waals surface area contributed by atoms with Crippen LogP contribution in [0.1, 0.15) is 5.56 Å². The summed E-state index contributed by atoms with van der Waals surface area (Å²) >= 11 is 0. The number of anilines is 2. The van der Waals surface area contributed by atoms with Crippen LogP contribution in [-0.2, 0) is 6.18 Å². The van der Waals surface area contributed by atoms with E-state index in [9.17, 15) is 13.2 Å². The van der Waals surface area contributed by atoms with Gasteiger partial charge in [-0.2, -0.15) is 13.2 Å². The van der Waals surface area contributed by atoms with E-state index in [2.05, 4.69) is 20.8 Å². The van der Waals surface area contributed by atoms with Crippen LogP contribution in [0.3, 0.4) is 0 Å². The molecule has 6 nitrogen and oxygen atoms in total. The molecule has 2 aromatic rings. The fraction of sp³-hybridized carbons (Fsp3) is 0.182. The molecule has 1 aromatic heterocycles. The third-order valence-corrected chi connectivity index (χ3v) is 2.79. The van der Waals surface area contributed by atoms with Gasteiger partial charge >= 0.3 is 6.18 Å². The summed E-state index contributed by atoms with van der Waals surface area (Å²) in [4.78, 5) is 8.08. The summed E-state index contributed by atoms with van der Waals surface area (Å²) in [6, 6.07) is 3.07. The monoisotopic (exact) mass is 282 g/mol. The Bertz CT molecular complexity index is 757. The summed E-state index contributed by atoms with van der Waals surface area (Å²) in [6.45, 7) is 0. The first-order chi connectivity index (χ1) is 9.34. The van der Waals surface area contributed by atoms with E-state index in [0.717, 1.165) is 12.1 Å². The van der Waals surface area contributed by atoms with Crippen molar-refractivity contribution in [3.63, 3.8) is 0 Å². The number of halogens is 3. The molecule has 0 fully saturated rings. The Balaban J connectivity index is 2.28. The SMILES string of the molecule is CN1Nc2nc3ccc(C(F)(F)F)cc3nc(=N)c2N1. The Morgan fingerprint density at radius 3 is 2.60 bits per heavy atom. The van der Waals surface area contributed by atoms with Gasteiger partial charge in [0.15, 0.2) is 11.3 Å². The smallest absolute Gasteiger partial charge is 0.295 e. The highest BCUT2D eigenvalue weighted by Gasteiger charge is 2.30. The molecule has 104 valence electrons. The summed E-state index contributed by atoms with van der Waals surface area (Å²) in [5.74, 6) is 0.347. The van der Waals surface area contributed by atoms with E-state index in [1.807, 2.05) is 0 Å². The third kappa shape index (κ3) is 2.01. The maximum atomic E-state index is 12.7. The number of hydrogen-bond donors (Lipinski definition) is 3. The van der Waals surface area contributed by atoms with Gasteiger partial charge in [-0.25, -0.2) is 9.97 Å². The van der Waals surface area contributed by atoms with Gasteiger partial charge in [0.1, 0.15) is 5.69 Å². The van der Waals surface area contributed by atoms with Gasteiger partial charge in [-0.1, -0.05) is 0 Å². The second kappa shape index (κ2) is 4.04. The number of aromatic nitrogens is 2. The van der Waals surface area contributed by atoms with E-state index in [-0.39, 0.29) is 16.5 Å². The Hall–Kier alpha value is -2.42. The zero-order valence-corrected chi connectivity index (χ0v) is 10.2. The minimum absolute atomic E-state index is 0.0190. The minimum Gasteiger partial charge on any atom is -0.295 e. The molecule has 0 atom stereocenters. The Morgan fingerprint density at radius 1 is 1.15 bits per heavy atom. The van der Waals surface area contributed by atoms with Crippen LogP contribution >= 0.6 is 0 Å². The number of nitrogens with one attached hydrogen (secondary N) is 3. The zero-order valence-electron chi connectivity index (χ0n) is 10.2.